The molecule has 0 saturated heterocycles. The average molecular weight is 1380 g/mol. The van der Waals surface area contributed by atoms with Gasteiger partial charge in [0.05, 0.1) is 100 Å². The molecule has 0 unspecified atom stereocenters. The predicted octanol–water partition coefficient (Wildman–Crippen LogP) is 25.5. The minimum absolute atomic E-state index is 0.00466. The second kappa shape index (κ2) is 22.6. The molecule has 21 aromatic rings. The highest BCUT2D eigenvalue weighted by Gasteiger charge is 2.39. The standard InChI is InChI=1S/C93H53F6N7/c94-92(95,96)57-35-40-62(77(49-57)93(97,98)99)56-34-42-87(106-90-45-38-60(103-82-29-13-5-21-67(82)68-22-6-14-30-83(68)103)52-75(90)76-53-61(39-46-91(76)106)104-84-31-15-7-23-69(84)70-24-8-16-32-85(70)104)72(48-56)71-47-55(54-100)33-41-86(71)105-88-43-36-58(101-78-25-9-1-17-63(78)64-18-2-10-26-79(64)101)50-73(88)74-51-59(37-44-89(74)105)102-80-27-11-3-19-65(80)66-20-4-12-28-81(66)102/h1-53H. The molecule has 7 nitrogen and oxygen atoms in total. The molecule has 0 aliphatic heterocycles. The zero-order valence-electron chi connectivity index (χ0n) is 56.0. The fraction of sp³-hybridized carbons (Fsp3) is 0.0215. The van der Waals surface area contributed by atoms with Crippen molar-refractivity contribution in [2.75, 3.05) is 0 Å². The van der Waals surface area contributed by atoms with E-state index >= 15 is 13.2 Å². The molecule has 0 spiro atoms. The number of nitrogens with zero attached hydrogens (tertiary/aromatic N) is 7. The number of para-hydroxylation sites is 8. The SMILES string of the molecule is N#Cc1ccc(-n2c3ccc(-n4c5ccccc5c5ccccc54)cc3c3cc(-n4c5ccccc5c5ccccc54)ccc32)c(-c2cc(-c3ccc(C(F)(F)F)cc3C(F)(F)F)ccc2-n2c3ccc(-n4c5ccccc5c5ccccc54)cc3c3cc(-n4c5ccccc5c5ccccc54)ccc32)c1. The molecule has 0 aliphatic carbocycles. The van der Waals surface area contributed by atoms with E-state index < -0.39 is 29.0 Å². The third-order valence-corrected chi connectivity index (χ3v) is 21.7. The van der Waals surface area contributed by atoms with Crippen LogP contribution in [0.4, 0.5) is 26.3 Å². The van der Waals surface area contributed by atoms with Gasteiger partial charge in [0.2, 0.25) is 0 Å². The first kappa shape index (κ1) is 60.9. The van der Waals surface area contributed by atoms with Crippen LogP contribution in [0.25, 0.3) is 187 Å². The van der Waals surface area contributed by atoms with Crippen molar-refractivity contribution in [2.45, 2.75) is 12.4 Å². The summed E-state index contributed by atoms with van der Waals surface area (Å²) in [5.74, 6) is 0. The molecule has 15 aromatic carbocycles. The van der Waals surface area contributed by atoms with Crippen LogP contribution in [0.1, 0.15) is 16.7 Å². The van der Waals surface area contributed by atoms with E-state index in [1.165, 1.54) is 0 Å². The van der Waals surface area contributed by atoms with Crippen molar-refractivity contribution in [2.24, 2.45) is 0 Å². The fourth-order valence-corrected chi connectivity index (χ4v) is 17.2. The molecule has 0 saturated carbocycles. The van der Waals surface area contributed by atoms with Crippen LogP contribution in [-0.4, -0.2) is 27.4 Å². The van der Waals surface area contributed by atoms with Crippen molar-refractivity contribution in [3.05, 3.63) is 338 Å². The second-order valence-electron chi connectivity index (χ2n) is 27.3. The molecule has 13 heteroatoms. The van der Waals surface area contributed by atoms with Gasteiger partial charge < -0.3 is 27.4 Å². The maximum Gasteiger partial charge on any atom is 0.417 e. The monoisotopic (exact) mass is 1380 g/mol. The first-order chi connectivity index (χ1) is 51.8. The molecule has 0 fully saturated rings. The van der Waals surface area contributed by atoms with Crippen LogP contribution in [0, 0.1) is 11.3 Å². The normalized spacial score (nSPS) is 12.4. The van der Waals surface area contributed by atoms with Gasteiger partial charge in [0.15, 0.2) is 0 Å². The van der Waals surface area contributed by atoms with Crippen LogP contribution < -0.4 is 0 Å². The van der Waals surface area contributed by atoms with E-state index in [4.69, 9.17) is 0 Å². The molecule has 0 amide bonds. The van der Waals surface area contributed by atoms with Crippen LogP contribution >= 0.6 is 0 Å². The zero-order valence-corrected chi connectivity index (χ0v) is 56.0. The third-order valence-electron chi connectivity index (χ3n) is 21.7. The summed E-state index contributed by atoms with van der Waals surface area (Å²) >= 11 is 0. The van der Waals surface area contributed by atoms with Crippen LogP contribution in [0.5, 0.6) is 0 Å². The van der Waals surface area contributed by atoms with E-state index in [9.17, 15) is 18.4 Å². The van der Waals surface area contributed by atoms with Gasteiger partial charge in [-0.1, -0.05) is 158 Å². The lowest BCUT2D eigenvalue weighted by molar-refractivity contribution is -0.142. The summed E-state index contributed by atoms with van der Waals surface area (Å²) in [6.45, 7) is 0. The molecular weight excluding hydrogens is 1330 g/mol. The minimum atomic E-state index is -5.21. The van der Waals surface area contributed by atoms with Crippen molar-refractivity contribution in [1.82, 2.24) is 27.4 Å². The van der Waals surface area contributed by atoms with Crippen molar-refractivity contribution in [1.29, 1.82) is 5.26 Å². The molecule has 502 valence electrons. The number of benzene rings is 15. The summed E-state index contributed by atoms with van der Waals surface area (Å²) in [7, 11) is 0. The Kier molecular flexibility index (Phi) is 13.0. The molecule has 106 heavy (non-hydrogen) atoms. The Morgan fingerprint density at radius 3 is 0.802 bits per heavy atom. The largest absolute Gasteiger partial charge is 0.417 e. The number of hydrogen-bond donors (Lipinski definition) is 0. The lowest BCUT2D eigenvalue weighted by atomic mass is 9.92. The Morgan fingerprint density at radius 1 is 0.226 bits per heavy atom. The molecule has 0 N–H and O–H groups in total. The minimum Gasteiger partial charge on any atom is -0.309 e. The highest BCUT2D eigenvalue weighted by atomic mass is 19.4. The van der Waals surface area contributed by atoms with Gasteiger partial charge in [-0.3, -0.25) is 0 Å². The highest BCUT2D eigenvalue weighted by Crippen LogP contribution is 2.49. The molecular formula is C93H53F6N7. The molecule has 0 aliphatic rings. The van der Waals surface area contributed by atoms with Crippen LogP contribution in [-0.2, 0) is 12.4 Å². The summed E-state index contributed by atoms with van der Waals surface area (Å²) in [4.78, 5) is 0. The lowest BCUT2D eigenvalue weighted by Gasteiger charge is -2.21. The van der Waals surface area contributed by atoms with Crippen molar-refractivity contribution in [3.8, 4) is 62.4 Å². The Balaban J connectivity index is 0.870. The summed E-state index contributed by atoms with van der Waals surface area (Å²) in [5.41, 5.74) is 13.7. The van der Waals surface area contributed by atoms with E-state index in [1.807, 2.05) is 78.9 Å². The fourth-order valence-electron chi connectivity index (χ4n) is 17.2. The number of nitriles is 1. The van der Waals surface area contributed by atoms with E-state index in [0.717, 1.165) is 160 Å². The highest BCUT2D eigenvalue weighted by molar-refractivity contribution is 6.17. The molecule has 0 atom stereocenters. The van der Waals surface area contributed by atoms with Gasteiger partial charge in [-0.2, -0.15) is 31.6 Å². The quantitative estimate of drug-likeness (QED) is 0.140. The third kappa shape index (κ3) is 8.94. The van der Waals surface area contributed by atoms with Gasteiger partial charge in [0, 0.05) is 98.5 Å². The molecule has 6 heterocycles. The van der Waals surface area contributed by atoms with E-state index in [-0.39, 0.29) is 17.2 Å². The topological polar surface area (TPSA) is 53.4 Å². The van der Waals surface area contributed by atoms with Crippen LogP contribution in [0.15, 0.2) is 322 Å². The molecule has 6 aromatic heterocycles. The summed E-state index contributed by atoms with van der Waals surface area (Å²) in [5, 5.41) is 23.5. The van der Waals surface area contributed by atoms with Crippen LogP contribution in [0.3, 0.4) is 0 Å². The Labute approximate surface area is 599 Å². The molecule has 0 bridgehead atoms. The smallest absolute Gasteiger partial charge is 0.309 e. The number of hydrogen-bond acceptors (Lipinski definition) is 1. The lowest BCUT2D eigenvalue weighted by Crippen LogP contribution is -2.12. The van der Waals surface area contributed by atoms with Crippen molar-refractivity contribution >= 4 is 131 Å². The van der Waals surface area contributed by atoms with Crippen molar-refractivity contribution < 1.29 is 26.3 Å². The average Bonchev–Trinajstić information content (AvgIpc) is 1.55. The van der Waals surface area contributed by atoms with Gasteiger partial charge in [-0.15, -0.1) is 0 Å². The Hall–Kier alpha value is -13.8. The first-order valence-corrected chi connectivity index (χ1v) is 34.9. The number of fused-ring (bicyclic) bond motifs is 18. The van der Waals surface area contributed by atoms with E-state index in [0.29, 0.717) is 28.6 Å². The molecule has 0 radical (unpaired) electrons. The van der Waals surface area contributed by atoms with Gasteiger partial charge in [0.1, 0.15) is 0 Å². The summed E-state index contributed by atoms with van der Waals surface area (Å²) < 4.78 is 105. The number of rotatable bonds is 8. The van der Waals surface area contributed by atoms with Gasteiger partial charge in [0.25, 0.3) is 0 Å². The second-order valence-corrected chi connectivity index (χ2v) is 27.3. The first-order valence-electron chi connectivity index (χ1n) is 34.9. The summed E-state index contributed by atoms with van der Waals surface area (Å²) in [6.07, 6.45) is -10.3. The number of halogens is 6. The maximum atomic E-state index is 15.8. The number of alkyl halides is 6. The Bertz CT molecular complexity index is 6850. The van der Waals surface area contributed by atoms with Gasteiger partial charge in [-0.05, 0) is 175 Å². The Morgan fingerprint density at radius 2 is 0.509 bits per heavy atom. The van der Waals surface area contributed by atoms with E-state index in [2.05, 4.69) is 228 Å². The predicted molar refractivity (Wildman–Crippen MR) is 418 cm³/mol. The van der Waals surface area contributed by atoms with Crippen molar-refractivity contribution in [3.63, 3.8) is 0 Å². The van der Waals surface area contributed by atoms with Gasteiger partial charge >= 0.3 is 12.4 Å². The van der Waals surface area contributed by atoms with E-state index in [1.54, 1.807) is 30.3 Å². The summed E-state index contributed by atoms with van der Waals surface area (Å²) in [6, 6.07) is 107. The number of aromatic nitrogens is 6. The van der Waals surface area contributed by atoms with Gasteiger partial charge in [-0.25, -0.2) is 0 Å². The molecule has 21 rings (SSSR count). The maximum absolute atomic E-state index is 15.8. The van der Waals surface area contributed by atoms with Crippen LogP contribution in [0.2, 0.25) is 0 Å². The zero-order chi connectivity index (χ0) is 71.0.